The molecule has 0 spiro atoms. The average Bonchev–Trinajstić information content (AvgIpc) is 1.25. The van der Waals surface area contributed by atoms with Crippen molar-refractivity contribution in [3.05, 3.63) is 0 Å². The van der Waals surface area contributed by atoms with Gasteiger partial charge in [-0.25, -0.2) is 0 Å². The van der Waals surface area contributed by atoms with E-state index in [1.807, 2.05) is 0 Å². The molecule has 0 aliphatic heterocycles. The summed E-state index contributed by atoms with van der Waals surface area (Å²) < 4.78 is 46.6. The summed E-state index contributed by atoms with van der Waals surface area (Å²) in [7, 11) is 0. The zero-order valence-electron chi connectivity index (χ0n) is 8.17. The van der Waals surface area contributed by atoms with Gasteiger partial charge in [0.15, 0.2) is 0 Å². The number of hydrogen-bond donors (Lipinski definition) is 4. The minimum absolute atomic E-state index is 0. The van der Waals surface area contributed by atoms with Crippen molar-refractivity contribution in [1.29, 1.82) is 0 Å². The molecule has 0 aromatic rings. The van der Waals surface area contributed by atoms with E-state index in [1.165, 1.54) is 0 Å². The SMILES string of the molecule is [H-].[H-].[Mg+2].[Nb].[O]=[Ti]([OH])[OH].[O]=[Zr]([OH])[OH].[PbH2].[PbH2]. The van der Waals surface area contributed by atoms with Gasteiger partial charge in [0.05, 0.1) is 0 Å². The second-order valence-electron chi connectivity index (χ2n) is 0.565. The first-order valence-corrected chi connectivity index (χ1v) is 6.54. The predicted molar refractivity (Wildman–Crippen MR) is 35.3 cm³/mol. The van der Waals surface area contributed by atoms with Crippen molar-refractivity contribution < 1.29 is 86.4 Å². The molecule has 0 aromatic heterocycles. The summed E-state index contributed by atoms with van der Waals surface area (Å²) in [4.78, 5) is 0. The summed E-state index contributed by atoms with van der Waals surface area (Å²) >= 11 is -7.38. The zero-order valence-corrected chi connectivity index (χ0v) is 24.8. The van der Waals surface area contributed by atoms with E-state index in [-0.39, 0.29) is 103 Å². The van der Waals surface area contributed by atoms with Crippen LogP contribution in [0.2, 0.25) is 0 Å². The van der Waals surface area contributed by atoms with E-state index in [1.54, 1.807) is 0 Å². The van der Waals surface area contributed by atoms with Gasteiger partial charge < -0.3 is 2.85 Å². The first-order chi connectivity index (χ1) is 3.46. The fourth-order valence-corrected chi connectivity index (χ4v) is 0. The Hall–Kier alpha value is 4.39. The molecule has 0 bridgehead atoms. The Balaban J connectivity index is -0.00000000600. The molecule has 0 atom stereocenters. The topological polar surface area (TPSA) is 115 Å². The van der Waals surface area contributed by atoms with Crippen molar-refractivity contribution in [2.45, 2.75) is 0 Å². The van der Waals surface area contributed by atoms with Gasteiger partial charge in [0, 0.05) is 22.4 Å². The van der Waals surface area contributed by atoms with E-state index in [9.17, 15) is 0 Å². The third kappa shape index (κ3) is 134. The van der Waals surface area contributed by atoms with Crippen LogP contribution in [0.15, 0.2) is 0 Å². The van der Waals surface area contributed by atoms with Crippen molar-refractivity contribution >= 4 is 77.7 Å². The molecule has 0 heterocycles. The Labute approximate surface area is 160 Å². The second kappa shape index (κ2) is 29.5. The zero-order chi connectivity index (χ0) is 7.15. The summed E-state index contributed by atoms with van der Waals surface area (Å²) in [5.74, 6) is 0. The first-order valence-electron chi connectivity index (χ1n) is 1.30. The molecule has 0 aliphatic carbocycles. The van der Waals surface area contributed by atoms with Crippen LogP contribution in [0.25, 0.3) is 0 Å². The van der Waals surface area contributed by atoms with E-state index in [0.717, 1.165) is 0 Å². The Bertz CT molecular complexity index is 91.8. The van der Waals surface area contributed by atoms with Crippen molar-refractivity contribution in [1.82, 2.24) is 0 Å². The third-order valence-corrected chi connectivity index (χ3v) is 0. The van der Waals surface area contributed by atoms with E-state index in [2.05, 4.69) is 0 Å². The third-order valence-electron chi connectivity index (χ3n) is 0. The van der Waals surface area contributed by atoms with Crippen LogP contribution in [-0.2, 0) is 69.8 Å². The van der Waals surface area contributed by atoms with Gasteiger partial charge in [-0.15, -0.1) is 0 Å². The monoisotopic (exact) mass is 777 g/mol. The number of rotatable bonds is 0. The van der Waals surface area contributed by atoms with E-state index in [4.69, 9.17) is 19.9 Å². The predicted octanol–water partition coefficient (Wildman–Crippen LogP) is -4.46. The average molecular weight is 777 g/mol. The minimum atomic E-state index is -3.79. The molecule has 0 saturated carbocycles. The molecule has 6 nitrogen and oxygen atoms in total. The van der Waals surface area contributed by atoms with Crippen LogP contribution in [0.4, 0.5) is 0 Å². The van der Waals surface area contributed by atoms with Gasteiger partial charge in [0.25, 0.3) is 0 Å². The molecule has 0 aromatic carbocycles. The van der Waals surface area contributed by atoms with Crippen LogP contribution in [-0.4, -0.2) is 91.4 Å². The van der Waals surface area contributed by atoms with Gasteiger partial charge in [0.2, 0.25) is 0 Å². The molecule has 0 unspecified atom stereocenters. The summed E-state index contributed by atoms with van der Waals surface area (Å²) in [6.07, 6.45) is 0. The maximum absolute atomic E-state index is 8.84. The molecule has 0 amide bonds. The Kier molecular flexibility index (Phi) is 88.5. The van der Waals surface area contributed by atoms with Crippen molar-refractivity contribution in [2.75, 3.05) is 0 Å². The second-order valence-corrected chi connectivity index (χ2v) is 2.84. The summed E-state index contributed by atoms with van der Waals surface area (Å²) in [5.41, 5.74) is 0. The van der Waals surface area contributed by atoms with Crippen LogP contribution >= 0.6 is 0 Å². The molecule has 5 radical (unpaired) electrons. The van der Waals surface area contributed by atoms with Crippen molar-refractivity contribution in [3.63, 3.8) is 0 Å². The summed E-state index contributed by atoms with van der Waals surface area (Å²) in [6.45, 7) is 0. The van der Waals surface area contributed by atoms with Crippen LogP contribution in [0.5, 0.6) is 0 Å². The fourth-order valence-electron chi connectivity index (χ4n) is 0. The van der Waals surface area contributed by atoms with Crippen LogP contribution < -0.4 is 0 Å². The van der Waals surface area contributed by atoms with Crippen molar-refractivity contribution in [2.24, 2.45) is 0 Å². The molecule has 0 saturated heterocycles. The molecule has 4 N–H and O–H groups in total. The molecule has 0 aliphatic rings. The Morgan fingerprint density at radius 2 is 1.17 bits per heavy atom. The van der Waals surface area contributed by atoms with Gasteiger partial charge in [-0.2, -0.15) is 0 Å². The standard InChI is InChI=1S/Mg.Nb.4H2O.2O.2Pb.Ti.Zr.6H/h;;4*1H2;;;;;;;;;;;;/q+2;;;;;;;;;;2*+2;;;;;2*-1/p-4. The van der Waals surface area contributed by atoms with E-state index < -0.39 is 41.3 Å². The van der Waals surface area contributed by atoms with Gasteiger partial charge >= 0.3 is 139 Å². The Morgan fingerprint density at radius 3 is 1.17 bits per heavy atom. The first kappa shape index (κ1) is 36.0. The molecule has 12 heteroatoms. The molecular weight excluding hydrogens is 767 g/mol. The fraction of sp³-hybridized carbons (Fsp3) is 0. The molecule has 69 valence electrons. The van der Waals surface area contributed by atoms with Gasteiger partial charge in [0.1, 0.15) is 0 Å². The number of hydrogen-bond acceptors (Lipinski definition) is 2. The Morgan fingerprint density at radius 1 is 1.17 bits per heavy atom. The maximum atomic E-state index is 8.84. The molecule has 0 rings (SSSR count). The molecule has 12 heavy (non-hydrogen) atoms. The summed E-state index contributed by atoms with van der Waals surface area (Å²) in [6, 6.07) is 0. The van der Waals surface area contributed by atoms with Crippen LogP contribution in [0.1, 0.15) is 2.85 Å². The molecular formula is H10MgNbO6Pb2TiZr. The van der Waals surface area contributed by atoms with Gasteiger partial charge in [-0.1, -0.05) is 0 Å². The van der Waals surface area contributed by atoms with E-state index >= 15 is 0 Å². The van der Waals surface area contributed by atoms with Crippen molar-refractivity contribution in [3.8, 4) is 0 Å². The molecule has 0 fully saturated rings. The van der Waals surface area contributed by atoms with Gasteiger partial charge in [-0.3, -0.25) is 0 Å². The quantitative estimate of drug-likeness (QED) is 0.185. The van der Waals surface area contributed by atoms with Crippen LogP contribution in [0.3, 0.4) is 0 Å². The van der Waals surface area contributed by atoms with Crippen LogP contribution in [0, 0.1) is 0 Å². The summed E-state index contributed by atoms with van der Waals surface area (Å²) in [5, 5.41) is 0. The van der Waals surface area contributed by atoms with Gasteiger partial charge in [-0.05, 0) is 0 Å². The normalized spacial score (nSPS) is 4.33. The van der Waals surface area contributed by atoms with E-state index in [0.29, 0.717) is 0 Å².